The summed E-state index contributed by atoms with van der Waals surface area (Å²) in [7, 11) is 3.70. The molecule has 0 aliphatic heterocycles. The lowest BCUT2D eigenvalue weighted by molar-refractivity contribution is -0.131. The van der Waals surface area contributed by atoms with E-state index in [1.54, 1.807) is 17.3 Å². The van der Waals surface area contributed by atoms with Crippen molar-refractivity contribution in [2.75, 3.05) is 27.2 Å². The van der Waals surface area contributed by atoms with Crippen LogP contribution in [0.15, 0.2) is 24.5 Å². The second-order valence-electron chi connectivity index (χ2n) is 3.87. The number of carbonyl (C=O) groups excluding carboxylic acids is 1. The predicted molar refractivity (Wildman–Crippen MR) is 64.2 cm³/mol. The van der Waals surface area contributed by atoms with E-state index in [4.69, 9.17) is 0 Å². The molecule has 0 saturated heterocycles. The molecule has 0 fully saturated rings. The predicted octanol–water partition coefficient (Wildman–Crippen LogP) is 0.863. The molecule has 1 amide bonds. The van der Waals surface area contributed by atoms with Crippen LogP contribution < -0.4 is 5.32 Å². The largest absolute Gasteiger partial charge is 0.344 e. The first-order valence-corrected chi connectivity index (χ1v) is 5.46. The Balaban J connectivity index is 2.60. The van der Waals surface area contributed by atoms with Gasteiger partial charge < -0.3 is 10.2 Å². The van der Waals surface area contributed by atoms with E-state index < -0.39 is 0 Å². The van der Waals surface area contributed by atoms with Crippen LogP contribution in [0.4, 0.5) is 0 Å². The average molecular weight is 221 g/mol. The normalized spacial score (nSPS) is 12.2. The summed E-state index contributed by atoms with van der Waals surface area (Å²) in [6, 6.07) is 3.79. The smallest absolute Gasteiger partial charge is 0.229 e. The van der Waals surface area contributed by atoms with E-state index in [1.807, 2.05) is 33.2 Å². The fourth-order valence-electron chi connectivity index (χ4n) is 1.49. The minimum absolute atomic E-state index is 0.128. The van der Waals surface area contributed by atoms with E-state index in [2.05, 4.69) is 10.3 Å². The zero-order chi connectivity index (χ0) is 12.0. The number of nitrogens with one attached hydrogen (secondary N) is 1. The number of nitrogens with zero attached hydrogens (tertiary/aromatic N) is 2. The van der Waals surface area contributed by atoms with Gasteiger partial charge in [-0.3, -0.25) is 9.78 Å². The van der Waals surface area contributed by atoms with Crippen LogP contribution in [0.25, 0.3) is 0 Å². The third kappa shape index (κ3) is 3.31. The third-order valence-corrected chi connectivity index (χ3v) is 2.63. The van der Waals surface area contributed by atoms with Gasteiger partial charge in [-0.25, -0.2) is 0 Å². The topological polar surface area (TPSA) is 45.2 Å². The van der Waals surface area contributed by atoms with Crippen molar-refractivity contribution >= 4 is 5.91 Å². The van der Waals surface area contributed by atoms with E-state index in [0.717, 1.165) is 18.7 Å². The highest BCUT2D eigenvalue weighted by Gasteiger charge is 2.18. The molecule has 1 rings (SSSR count). The number of carbonyl (C=O) groups is 1. The molecule has 0 spiro atoms. The van der Waals surface area contributed by atoms with Crippen molar-refractivity contribution in [1.82, 2.24) is 15.2 Å². The Morgan fingerprint density at radius 3 is 2.94 bits per heavy atom. The molecule has 1 unspecified atom stereocenters. The van der Waals surface area contributed by atoms with Crippen LogP contribution in [-0.4, -0.2) is 43.0 Å². The summed E-state index contributed by atoms with van der Waals surface area (Å²) in [5.41, 5.74) is 0.962. The molecule has 0 aliphatic rings. The molecule has 0 aliphatic carbocycles. The highest BCUT2D eigenvalue weighted by Crippen LogP contribution is 2.15. The molecule has 1 aromatic heterocycles. The van der Waals surface area contributed by atoms with Crippen molar-refractivity contribution in [3.63, 3.8) is 0 Å². The molecule has 1 heterocycles. The van der Waals surface area contributed by atoms with Crippen LogP contribution in [0.5, 0.6) is 0 Å². The Labute approximate surface area is 96.7 Å². The molecule has 1 aromatic rings. The lowest BCUT2D eigenvalue weighted by atomic mass is 10.0. The van der Waals surface area contributed by atoms with Crippen molar-refractivity contribution in [2.45, 2.75) is 12.8 Å². The molecule has 0 aromatic carbocycles. The number of aromatic nitrogens is 1. The lowest BCUT2D eigenvalue weighted by Crippen LogP contribution is -2.35. The van der Waals surface area contributed by atoms with Gasteiger partial charge in [0, 0.05) is 32.5 Å². The molecular weight excluding hydrogens is 202 g/mol. The summed E-state index contributed by atoms with van der Waals surface area (Å²) >= 11 is 0. The van der Waals surface area contributed by atoms with Crippen molar-refractivity contribution < 1.29 is 4.79 Å². The first-order chi connectivity index (χ1) is 7.66. The maximum Gasteiger partial charge on any atom is 0.229 e. The maximum atomic E-state index is 12.0. The minimum Gasteiger partial charge on any atom is -0.344 e. The van der Waals surface area contributed by atoms with Gasteiger partial charge >= 0.3 is 0 Å². The Bertz CT molecular complexity index is 326. The number of amides is 1. The molecule has 4 heteroatoms. The summed E-state index contributed by atoms with van der Waals surface area (Å²) in [5, 5.41) is 3.03. The van der Waals surface area contributed by atoms with Crippen molar-refractivity contribution in [3.05, 3.63) is 30.1 Å². The van der Waals surface area contributed by atoms with Gasteiger partial charge in [-0.05, 0) is 25.6 Å². The fourth-order valence-corrected chi connectivity index (χ4v) is 1.49. The van der Waals surface area contributed by atoms with Crippen molar-refractivity contribution in [1.29, 1.82) is 0 Å². The first kappa shape index (κ1) is 12.6. The Morgan fingerprint density at radius 1 is 1.62 bits per heavy atom. The second kappa shape index (κ2) is 6.23. The van der Waals surface area contributed by atoms with Gasteiger partial charge in [-0.15, -0.1) is 0 Å². The van der Waals surface area contributed by atoms with Gasteiger partial charge in [0.05, 0.1) is 5.92 Å². The Hall–Kier alpha value is -1.42. The summed E-state index contributed by atoms with van der Waals surface area (Å²) in [6.07, 6.45) is 3.46. The summed E-state index contributed by atoms with van der Waals surface area (Å²) < 4.78 is 0. The quantitative estimate of drug-likeness (QED) is 0.802. The first-order valence-electron chi connectivity index (χ1n) is 5.46. The van der Waals surface area contributed by atoms with E-state index in [1.165, 1.54) is 0 Å². The van der Waals surface area contributed by atoms with Gasteiger partial charge in [0.2, 0.25) is 5.91 Å². The second-order valence-corrected chi connectivity index (χ2v) is 3.87. The van der Waals surface area contributed by atoms with E-state index in [0.29, 0.717) is 0 Å². The van der Waals surface area contributed by atoms with E-state index in [9.17, 15) is 4.79 Å². The summed E-state index contributed by atoms with van der Waals surface area (Å²) in [4.78, 5) is 17.8. The molecule has 1 N–H and O–H groups in total. The van der Waals surface area contributed by atoms with Gasteiger partial charge in [-0.2, -0.15) is 0 Å². The number of pyridine rings is 1. The number of hydrogen-bond acceptors (Lipinski definition) is 3. The summed E-state index contributed by atoms with van der Waals surface area (Å²) in [6.45, 7) is 3.44. The highest BCUT2D eigenvalue weighted by atomic mass is 16.2. The van der Waals surface area contributed by atoms with Crippen molar-refractivity contribution in [3.8, 4) is 0 Å². The molecule has 0 saturated carbocycles. The molecule has 1 atom stereocenters. The Morgan fingerprint density at radius 2 is 2.38 bits per heavy atom. The Kier molecular flexibility index (Phi) is 4.92. The SMILES string of the molecule is CNCCN(C)C(=O)C(C)c1cccnc1. The standard InChI is InChI=1S/C12H19N3O/c1-10(11-5-4-6-14-9-11)12(16)15(3)8-7-13-2/h4-6,9-10,13H,7-8H2,1-3H3. The maximum absolute atomic E-state index is 12.0. The van der Waals surface area contributed by atoms with E-state index >= 15 is 0 Å². The van der Waals surface area contributed by atoms with Crippen molar-refractivity contribution in [2.24, 2.45) is 0 Å². The minimum atomic E-state index is -0.129. The van der Waals surface area contributed by atoms with Gasteiger partial charge in [0.25, 0.3) is 0 Å². The van der Waals surface area contributed by atoms with Crippen LogP contribution in [0.1, 0.15) is 18.4 Å². The molecule has 88 valence electrons. The lowest BCUT2D eigenvalue weighted by Gasteiger charge is -2.21. The van der Waals surface area contributed by atoms with Gasteiger partial charge in [-0.1, -0.05) is 6.07 Å². The van der Waals surface area contributed by atoms with Gasteiger partial charge in [0.15, 0.2) is 0 Å². The molecular formula is C12H19N3O. The third-order valence-electron chi connectivity index (χ3n) is 2.63. The highest BCUT2D eigenvalue weighted by molar-refractivity contribution is 5.82. The van der Waals surface area contributed by atoms with Gasteiger partial charge in [0.1, 0.15) is 0 Å². The molecule has 16 heavy (non-hydrogen) atoms. The fraction of sp³-hybridized carbons (Fsp3) is 0.500. The van der Waals surface area contributed by atoms with Crippen LogP contribution in [0.2, 0.25) is 0 Å². The monoisotopic (exact) mass is 221 g/mol. The summed E-state index contributed by atoms with van der Waals surface area (Å²) in [5.74, 6) is -0.00111. The molecule has 0 bridgehead atoms. The van der Waals surface area contributed by atoms with Crippen LogP contribution in [0.3, 0.4) is 0 Å². The van der Waals surface area contributed by atoms with Crippen LogP contribution in [0, 0.1) is 0 Å². The zero-order valence-corrected chi connectivity index (χ0v) is 10.1. The number of rotatable bonds is 5. The average Bonchev–Trinajstić information content (AvgIpc) is 2.35. The molecule has 4 nitrogen and oxygen atoms in total. The van der Waals surface area contributed by atoms with Crippen LogP contribution in [-0.2, 0) is 4.79 Å². The molecule has 0 radical (unpaired) electrons. The number of likely N-dealkylation sites (N-methyl/N-ethyl adjacent to an activating group) is 2. The van der Waals surface area contributed by atoms with E-state index in [-0.39, 0.29) is 11.8 Å². The number of hydrogen-bond donors (Lipinski definition) is 1. The van der Waals surface area contributed by atoms with Crippen LogP contribution >= 0.6 is 0 Å². The zero-order valence-electron chi connectivity index (χ0n) is 10.1.